The van der Waals surface area contributed by atoms with Gasteiger partial charge < -0.3 is 11.5 Å². The van der Waals surface area contributed by atoms with Gasteiger partial charge in [-0.25, -0.2) is 4.68 Å². The Hall–Kier alpha value is -4.32. The van der Waals surface area contributed by atoms with Crippen molar-refractivity contribution in [1.82, 2.24) is 9.78 Å². The SMILES string of the molecule is NC(N)=N/N=C/c1cn(-c2ccc([N+](=O)[O-])cc2[N+](=O)[O-])nc1-c1ccccc1Cl. The molecule has 0 unspecified atom stereocenters. The van der Waals surface area contributed by atoms with Crippen molar-refractivity contribution in [2.45, 2.75) is 0 Å². The van der Waals surface area contributed by atoms with E-state index in [-0.39, 0.29) is 11.6 Å². The Labute approximate surface area is 173 Å². The largest absolute Gasteiger partial charge is 0.369 e. The van der Waals surface area contributed by atoms with E-state index in [0.29, 0.717) is 21.8 Å². The molecule has 12 nitrogen and oxygen atoms in total. The average Bonchev–Trinajstić information content (AvgIpc) is 3.11. The predicted octanol–water partition coefficient (Wildman–Crippen LogP) is 2.62. The minimum Gasteiger partial charge on any atom is -0.369 e. The number of aromatic nitrogens is 2. The van der Waals surface area contributed by atoms with Gasteiger partial charge in [0.1, 0.15) is 11.4 Å². The Balaban J connectivity index is 2.21. The third-order valence-corrected chi connectivity index (χ3v) is 4.18. The smallest absolute Gasteiger partial charge is 0.301 e. The normalized spacial score (nSPS) is 10.8. The topological polar surface area (TPSA) is 181 Å². The highest BCUT2D eigenvalue weighted by atomic mass is 35.5. The standard InChI is InChI=1S/C17H13ClN8O4/c18-13-4-2-1-3-12(13)16-10(8-21-22-17(19)20)9-24(23-16)14-6-5-11(25(27)28)7-15(14)26(29)30/h1-9H,(H4,19,20,22)/b21-8+. The number of nitrogens with two attached hydrogens (primary N) is 2. The first-order chi connectivity index (χ1) is 14.3. The van der Waals surface area contributed by atoms with Crippen molar-refractivity contribution in [2.24, 2.45) is 21.7 Å². The summed E-state index contributed by atoms with van der Waals surface area (Å²) in [6.07, 6.45) is 2.75. The van der Waals surface area contributed by atoms with E-state index in [1.165, 1.54) is 23.2 Å². The number of nitrogens with zero attached hydrogens (tertiary/aromatic N) is 6. The van der Waals surface area contributed by atoms with Gasteiger partial charge >= 0.3 is 5.69 Å². The summed E-state index contributed by atoms with van der Waals surface area (Å²) in [7, 11) is 0. The van der Waals surface area contributed by atoms with Crippen molar-refractivity contribution in [1.29, 1.82) is 0 Å². The second-order valence-corrected chi connectivity index (χ2v) is 6.22. The minimum atomic E-state index is -0.730. The Morgan fingerprint density at radius 2 is 1.87 bits per heavy atom. The summed E-state index contributed by atoms with van der Waals surface area (Å²) in [4.78, 5) is 21.0. The molecule has 0 saturated carbocycles. The van der Waals surface area contributed by atoms with E-state index >= 15 is 0 Å². The number of non-ortho nitro benzene ring substituents is 1. The maximum atomic E-state index is 11.5. The molecule has 1 aromatic heterocycles. The van der Waals surface area contributed by atoms with E-state index in [4.69, 9.17) is 23.1 Å². The fourth-order valence-electron chi connectivity index (χ4n) is 2.59. The number of nitro groups is 2. The highest BCUT2D eigenvalue weighted by molar-refractivity contribution is 6.33. The van der Waals surface area contributed by atoms with Crippen LogP contribution in [0.2, 0.25) is 5.02 Å². The number of rotatable bonds is 6. The lowest BCUT2D eigenvalue weighted by molar-refractivity contribution is -0.394. The second-order valence-electron chi connectivity index (χ2n) is 5.81. The number of nitro benzene ring substituents is 2. The lowest BCUT2D eigenvalue weighted by atomic mass is 10.1. The van der Waals surface area contributed by atoms with Crippen LogP contribution >= 0.6 is 11.6 Å². The third kappa shape index (κ3) is 4.23. The van der Waals surface area contributed by atoms with Crippen LogP contribution < -0.4 is 11.5 Å². The molecule has 0 amide bonds. The van der Waals surface area contributed by atoms with Gasteiger partial charge in [-0.05, 0) is 12.1 Å². The van der Waals surface area contributed by atoms with Crippen LogP contribution in [0.3, 0.4) is 0 Å². The first-order valence-corrected chi connectivity index (χ1v) is 8.55. The zero-order chi connectivity index (χ0) is 21.8. The number of guanidine groups is 1. The molecule has 0 aliphatic heterocycles. The molecule has 0 spiro atoms. The van der Waals surface area contributed by atoms with Crippen LogP contribution in [-0.4, -0.2) is 31.8 Å². The van der Waals surface area contributed by atoms with E-state index < -0.39 is 21.2 Å². The summed E-state index contributed by atoms with van der Waals surface area (Å²) in [5.41, 5.74) is 10.9. The fourth-order valence-corrected chi connectivity index (χ4v) is 2.82. The van der Waals surface area contributed by atoms with Gasteiger partial charge in [0.15, 0.2) is 0 Å². The lowest BCUT2D eigenvalue weighted by Crippen LogP contribution is -2.21. The molecule has 4 N–H and O–H groups in total. The molecule has 3 rings (SSSR count). The predicted molar refractivity (Wildman–Crippen MR) is 111 cm³/mol. The summed E-state index contributed by atoms with van der Waals surface area (Å²) in [5.74, 6) is -0.260. The second kappa shape index (κ2) is 8.36. The van der Waals surface area contributed by atoms with Crippen molar-refractivity contribution in [3.05, 3.63) is 79.5 Å². The summed E-state index contributed by atoms with van der Waals surface area (Å²) < 4.78 is 1.21. The number of hydrogen-bond acceptors (Lipinski definition) is 7. The molecule has 0 aliphatic rings. The van der Waals surface area contributed by atoms with Crippen LogP contribution in [0.25, 0.3) is 16.9 Å². The van der Waals surface area contributed by atoms with Crippen LogP contribution in [0.15, 0.2) is 58.9 Å². The molecule has 3 aromatic rings. The van der Waals surface area contributed by atoms with E-state index in [0.717, 1.165) is 12.1 Å². The molecule has 0 bridgehead atoms. The Morgan fingerprint density at radius 3 is 2.50 bits per heavy atom. The highest BCUT2D eigenvalue weighted by Gasteiger charge is 2.23. The van der Waals surface area contributed by atoms with Gasteiger partial charge in [-0.3, -0.25) is 20.2 Å². The monoisotopic (exact) mass is 428 g/mol. The molecule has 152 valence electrons. The number of benzene rings is 2. The molecule has 0 saturated heterocycles. The molecule has 13 heteroatoms. The van der Waals surface area contributed by atoms with E-state index in [1.807, 2.05) is 0 Å². The van der Waals surface area contributed by atoms with Crippen molar-refractivity contribution in [3.63, 3.8) is 0 Å². The van der Waals surface area contributed by atoms with Crippen LogP contribution in [0, 0.1) is 20.2 Å². The van der Waals surface area contributed by atoms with Gasteiger partial charge in [-0.15, -0.1) is 5.10 Å². The summed E-state index contributed by atoms with van der Waals surface area (Å²) in [5, 5.41) is 34.5. The van der Waals surface area contributed by atoms with Gasteiger partial charge in [0.25, 0.3) is 5.69 Å². The van der Waals surface area contributed by atoms with E-state index in [9.17, 15) is 20.2 Å². The summed E-state index contributed by atoms with van der Waals surface area (Å²) in [6.45, 7) is 0. The Morgan fingerprint density at radius 1 is 1.13 bits per heavy atom. The molecule has 1 heterocycles. The van der Waals surface area contributed by atoms with Crippen LogP contribution in [0.1, 0.15) is 5.56 Å². The zero-order valence-electron chi connectivity index (χ0n) is 15.0. The van der Waals surface area contributed by atoms with Gasteiger partial charge in [0, 0.05) is 23.4 Å². The van der Waals surface area contributed by atoms with E-state index in [2.05, 4.69) is 15.3 Å². The summed E-state index contributed by atoms with van der Waals surface area (Å²) >= 11 is 6.26. The number of halogens is 1. The van der Waals surface area contributed by atoms with Crippen molar-refractivity contribution < 1.29 is 9.85 Å². The molecule has 0 aliphatic carbocycles. The Kier molecular flexibility index (Phi) is 5.69. The maximum Gasteiger partial charge on any atom is 0.301 e. The number of hydrogen-bond donors (Lipinski definition) is 2. The molecular formula is C17H13ClN8O4. The van der Waals surface area contributed by atoms with Crippen molar-refractivity contribution in [2.75, 3.05) is 0 Å². The van der Waals surface area contributed by atoms with Gasteiger partial charge in [-0.1, -0.05) is 29.8 Å². The molecule has 0 fully saturated rings. The van der Waals surface area contributed by atoms with Crippen LogP contribution in [-0.2, 0) is 0 Å². The third-order valence-electron chi connectivity index (χ3n) is 3.85. The van der Waals surface area contributed by atoms with Crippen molar-refractivity contribution >= 4 is 35.1 Å². The molecule has 30 heavy (non-hydrogen) atoms. The van der Waals surface area contributed by atoms with Gasteiger partial charge in [-0.2, -0.15) is 10.2 Å². The lowest BCUT2D eigenvalue weighted by Gasteiger charge is -2.03. The fraction of sp³-hybridized carbons (Fsp3) is 0. The summed E-state index contributed by atoms with van der Waals surface area (Å²) in [6, 6.07) is 10.1. The quantitative estimate of drug-likeness (QED) is 0.261. The van der Waals surface area contributed by atoms with E-state index in [1.54, 1.807) is 24.3 Å². The average molecular weight is 429 g/mol. The van der Waals surface area contributed by atoms with Gasteiger partial charge in [0.2, 0.25) is 5.96 Å². The zero-order valence-corrected chi connectivity index (χ0v) is 15.8. The molecule has 2 aromatic carbocycles. The molecule has 0 radical (unpaired) electrons. The highest BCUT2D eigenvalue weighted by Crippen LogP contribution is 2.32. The minimum absolute atomic E-state index is 0.0143. The first-order valence-electron chi connectivity index (χ1n) is 8.17. The molecule has 0 atom stereocenters. The van der Waals surface area contributed by atoms with Crippen molar-refractivity contribution in [3.8, 4) is 16.9 Å². The first kappa shape index (κ1) is 20.4. The van der Waals surface area contributed by atoms with Gasteiger partial charge in [0.05, 0.1) is 27.2 Å². The maximum absolute atomic E-state index is 11.5. The molecular weight excluding hydrogens is 416 g/mol. The Bertz CT molecular complexity index is 1200. The van der Waals surface area contributed by atoms with Crippen LogP contribution in [0.4, 0.5) is 11.4 Å². The van der Waals surface area contributed by atoms with Crippen LogP contribution in [0.5, 0.6) is 0 Å².